The average Bonchev–Trinajstić information content (AvgIpc) is 2.59. The number of rotatable bonds is 2. The van der Waals surface area contributed by atoms with Crippen molar-refractivity contribution < 1.29 is 4.79 Å². The molecule has 1 aliphatic carbocycles. The van der Waals surface area contributed by atoms with Crippen LogP contribution in [-0.2, 0) is 4.79 Å². The number of nitrogens with zero attached hydrogens (tertiary/aromatic N) is 2. The van der Waals surface area contributed by atoms with Crippen LogP contribution >= 0.6 is 0 Å². The Morgan fingerprint density at radius 1 is 1.40 bits per heavy atom. The zero-order valence-electron chi connectivity index (χ0n) is 9.91. The van der Waals surface area contributed by atoms with Crippen molar-refractivity contribution in [3.05, 3.63) is 0 Å². The lowest BCUT2D eigenvalue weighted by atomic mass is 10.1. The molecule has 1 aliphatic heterocycles. The number of piperazine rings is 1. The third-order valence-electron chi connectivity index (χ3n) is 3.95. The van der Waals surface area contributed by atoms with Crippen LogP contribution in [0.4, 0.5) is 0 Å². The zero-order chi connectivity index (χ0) is 10.8. The summed E-state index contributed by atoms with van der Waals surface area (Å²) in [5.41, 5.74) is 0. The quantitative estimate of drug-likeness (QED) is 0.679. The van der Waals surface area contributed by atoms with E-state index in [-0.39, 0.29) is 0 Å². The SMILES string of the molecule is CC1CN(CC2CCCC2=O)CCN1C. The molecule has 2 atom stereocenters. The van der Waals surface area contributed by atoms with E-state index in [1.165, 1.54) is 0 Å². The largest absolute Gasteiger partial charge is 0.301 e. The van der Waals surface area contributed by atoms with Gasteiger partial charge in [0.2, 0.25) is 0 Å². The molecular formula is C12H22N2O. The maximum absolute atomic E-state index is 11.6. The minimum Gasteiger partial charge on any atom is -0.301 e. The van der Waals surface area contributed by atoms with Crippen molar-refractivity contribution in [1.29, 1.82) is 0 Å². The van der Waals surface area contributed by atoms with E-state index in [1.54, 1.807) is 0 Å². The fourth-order valence-electron chi connectivity index (χ4n) is 2.68. The number of hydrogen-bond donors (Lipinski definition) is 0. The van der Waals surface area contributed by atoms with Crippen LogP contribution in [0.5, 0.6) is 0 Å². The van der Waals surface area contributed by atoms with Gasteiger partial charge in [-0.15, -0.1) is 0 Å². The molecular weight excluding hydrogens is 188 g/mol. The van der Waals surface area contributed by atoms with Crippen molar-refractivity contribution in [3.8, 4) is 0 Å². The van der Waals surface area contributed by atoms with Gasteiger partial charge in [0.1, 0.15) is 5.78 Å². The van der Waals surface area contributed by atoms with E-state index in [0.29, 0.717) is 17.7 Å². The normalized spacial score (nSPS) is 34.9. The van der Waals surface area contributed by atoms with Gasteiger partial charge in [-0.3, -0.25) is 9.69 Å². The van der Waals surface area contributed by atoms with Gasteiger partial charge >= 0.3 is 0 Å². The topological polar surface area (TPSA) is 23.6 Å². The monoisotopic (exact) mass is 210 g/mol. The minimum absolute atomic E-state index is 0.348. The second-order valence-corrected chi connectivity index (χ2v) is 5.14. The molecule has 0 aromatic heterocycles. The third-order valence-corrected chi connectivity index (χ3v) is 3.95. The summed E-state index contributed by atoms with van der Waals surface area (Å²) < 4.78 is 0. The maximum Gasteiger partial charge on any atom is 0.137 e. The summed E-state index contributed by atoms with van der Waals surface area (Å²) in [5, 5.41) is 0. The molecule has 0 radical (unpaired) electrons. The number of carbonyl (C=O) groups excluding carboxylic acids is 1. The Kier molecular flexibility index (Phi) is 3.42. The molecule has 2 unspecified atom stereocenters. The molecule has 86 valence electrons. The van der Waals surface area contributed by atoms with Gasteiger partial charge in [-0.1, -0.05) is 0 Å². The van der Waals surface area contributed by atoms with E-state index in [9.17, 15) is 4.79 Å². The lowest BCUT2D eigenvalue weighted by molar-refractivity contribution is -0.121. The van der Waals surface area contributed by atoms with Gasteiger partial charge in [-0.2, -0.15) is 0 Å². The fourth-order valence-corrected chi connectivity index (χ4v) is 2.68. The Bertz CT molecular complexity index is 242. The summed E-state index contributed by atoms with van der Waals surface area (Å²) >= 11 is 0. The molecule has 1 heterocycles. The summed E-state index contributed by atoms with van der Waals surface area (Å²) in [4.78, 5) is 16.4. The molecule has 3 nitrogen and oxygen atoms in total. The zero-order valence-corrected chi connectivity index (χ0v) is 9.91. The van der Waals surface area contributed by atoms with Crippen LogP contribution in [0.1, 0.15) is 26.2 Å². The summed E-state index contributed by atoms with van der Waals surface area (Å²) in [5.74, 6) is 0.849. The predicted molar refractivity (Wildman–Crippen MR) is 60.9 cm³/mol. The second-order valence-electron chi connectivity index (χ2n) is 5.14. The van der Waals surface area contributed by atoms with Gasteiger partial charge < -0.3 is 4.90 Å². The van der Waals surface area contributed by atoms with E-state index >= 15 is 0 Å². The molecule has 0 amide bonds. The molecule has 1 saturated heterocycles. The lowest BCUT2D eigenvalue weighted by Crippen LogP contribution is -2.51. The van der Waals surface area contributed by atoms with Gasteiger partial charge in [-0.25, -0.2) is 0 Å². The van der Waals surface area contributed by atoms with E-state index in [4.69, 9.17) is 0 Å². The van der Waals surface area contributed by atoms with E-state index in [0.717, 1.165) is 45.4 Å². The van der Waals surface area contributed by atoms with Crippen LogP contribution in [0.15, 0.2) is 0 Å². The molecule has 2 aliphatic rings. The molecule has 0 N–H and O–H groups in total. The van der Waals surface area contributed by atoms with Gasteiger partial charge in [0.25, 0.3) is 0 Å². The van der Waals surface area contributed by atoms with Crippen molar-refractivity contribution in [3.63, 3.8) is 0 Å². The van der Waals surface area contributed by atoms with Gasteiger partial charge in [0.15, 0.2) is 0 Å². The van der Waals surface area contributed by atoms with E-state index in [2.05, 4.69) is 23.8 Å². The first kappa shape index (κ1) is 11.1. The van der Waals surface area contributed by atoms with Crippen molar-refractivity contribution in [2.24, 2.45) is 5.92 Å². The van der Waals surface area contributed by atoms with Gasteiger partial charge in [0, 0.05) is 44.6 Å². The smallest absolute Gasteiger partial charge is 0.137 e. The van der Waals surface area contributed by atoms with E-state index in [1.807, 2.05) is 0 Å². The van der Waals surface area contributed by atoms with Crippen LogP contribution in [0, 0.1) is 5.92 Å². The first-order chi connectivity index (χ1) is 7.16. The van der Waals surface area contributed by atoms with Crippen molar-refractivity contribution in [2.75, 3.05) is 33.2 Å². The lowest BCUT2D eigenvalue weighted by Gasteiger charge is -2.38. The average molecular weight is 210 g/mol. The summed E-state index contributed by atoms with van der Waals surface area (Å²) in [7, 11) is 2.18. The van der Waals surface area contributed by atoms with Gasteiger partial charge in [-0.05, 0) is 26.8 Å². The van der Waals surface area contributed by atoms with Crippen LogP contribution in [0.25, 0.3) is 0 Å². The molecule has 2 rings (SSSR count). The molecule has 0 aromatic rings. The Hall–Kier alpha value is -0.410. The van der Waals surface area contributed by atoms with Crippen molar-refractivity contribution >= 4 is 5.78 Å². The highest BCUT2D eigenvalue weighted by Crippen LogP contribution is 2.23. The Labute approximate surface area is 92.4 Å². The predicted octanol–water partition coefficient (Wildman–Crippen LogP) is 0.992. The van der Waals surface area contributed by atoms with Crippen molar-refractivity contribution in [2.45, 2.75) is 32.2 Å². The number of ketones is 1. The second kappa shape index (κ2) is 4.62. The number of likely N-dealkylation sites (N-methyl/N-ethyl adjacent to an activating group) is 1. The highest BCUT2D eigenvalue weighted by molar-refractivity contribution is 5.83. The van der Waals surface area contributed by atoms with Crippen molar-refractivity contribution in [1.82, 2.24) is 9.80 Å². The van der Waals surface area contributed by atoms with Crippen LogP contribution in [0.3, 0.4) is 0 Å². The third kappa shape index (κ3) is 2.58. The Morgan fingerprint density at radius 3 is 2.80 bits per heavy atom. The van der Waals surface area contributed by atoms with Gasteiger partial charge in [0.05, 0.1) is 0 Å². The summed E-state index contributed by atoms with van der Waals surface area (Å²) in [6, 6.07) is 0.634. The number of carbonyl (C=O) groups is 1. The molecule has 0 spiro atoms. The Balaban J connectivity index is 1.82. The minimum atomic E-state index is 0.348. The summed E-state index contributed by atoms with van der Waals surface area (Å²) in [6.07, 6.45) is 3.07. The number of Topliss-reactive ketones (excluding diaryl/α,β-unsaturated/α-hetero) is 1. The van der Waals surface area contributed by atoms with Crippen LogP contribution in [-0.4, -0.2) is 54.9 Å². The standard InChI is InChI=1S/C12H22N2O/c1-10-8-14(7-6-13(10)2)9-11-4-3-5-12(11)15/h10-11H,3-9H2,1-2H3. The molecule has 2 fully saturated rings. The summed E-state index contributed by atoms with van der Waals surface area (Å²) in [6.45, 7) is 6.67. The fraction of sp³-hybridized carbons (Fsp3) is 0.917. The molecule has 0 bridgehead atoms. The molecule has 0 aromatic carbocycles. The highest BCUT2D eigenvalue weighted by atomic mass is 16.1. The van der Waals surface area contributed by atoms with Crippen LogP contribution < -0.4 is 0 Å². The van der Waals surface area contributed by atoms with E-state index < -0.39 is 0 Å². The molecule has 1 saturated carbocycles. The first-order valence-electron chi connectivity index (χ1n) is 6.12. The maximum atomic E-state index is 11.6. The molecule has 15 heavy (non-hydrogen) atoms. The molecule has 3 heteroatoms. The highest BCUT2D eigenvalue weighted by Gasteiger charge is 2.28. The first-order valence-corrected chi connectivity index (χ1v) is 6.12. The Morgan fingerprint density at radius 2 is 2.20 bits per heavy atom. The van der Waals surface area contributed by atoms with Crippen LogP contribution in [0.2, 0.25) is 0 Å². The number of hydrogen-bond acceptors (Lipinski definition) is 3.